The van der Waals surface area contributed by atoms with Crippen LogP contribution in [0.4, 0.5) is 0 Å². The maximum atomic E-state index is 12.7. The van der Waals surface area contributed by atoms with Gasteiger partial charge in [-0.15, -0.1) is 11.3 Å². The molecule has 1 saturated heterocycles. The van der Waals surface area contributed by atoms with Crippen LogP contribution < -0.4 is 5.56 Å². The summed E-state index contributed by atoms with van der Waals surface area (Å²) in [5.41, 5.74) is 1.69. The predicted octanol–water partition coefficient (Wildman–Crippen LogP) is 1.04. The highest BCUT2D eigenvalue weighted by atomic mass is 32.1. The highest BCUT2D eigenvalue weighted by Crippen LogP contribution is 2.40. The Morgan fingerprint density at radius 2 is 2.14 bits per heavy atom. The first kappa shape index (κ1) is 20.2. The smallest absolute Gasteiger partial charge is 0.290 e. The van der Waals surface area contributed by atoms with Crippen molar-refractivity contribution in [2.24, 2.45) is 5.92 Å². The largest absolute Gasteiger partial charge is 0.483 e. The van der Waals surface area contributed by atoms with Crippen molar-refractivity contribution in [3.05, 3.63) is 50.3 Å². The molecule has 2 bridgehead atoms. The lowest BCUT2D eigenvalue weighted by Gasteiger charge is -2.46. The average molecular weight is 405 g/mol. The zero-order valence-electron chi connectivity index (χ0n) is 15.5. The molecule has 8 nitrogen and oxygen atoms in total. The van der Waals surface area contributed by atoms with Gasteiger partial charge >= 0.3 is 0 Å². The molecule has 4 heterocycles. The Morgan fingerprint density at radius 3 is 2.79 bits per heavy atom. The van der Waals surface area contributed by atoms with E-state index >= 15 is 0 Å². The summed E-state index contributed by atoms with van der Waals surface area (Å²) in [5.74, 6) is 0.331. The van der Waals surface area contributed by atoms with Gasteiger partial charge in [-0.1, -0.05) is 6.07 Å². The summed E-state index contributed by atoms with van der Waals surface area (Å²) in [6.45, 7) is 2.82. The molecule has 1 amide bonds. The van der Waals surface area contributed by atoms with Gasteiger partial charge in [0.05, 0.1) is 29.8 Å². The van der Waals surface area contributed by atoms with Crippen LogP contribution in [0.25, 0.3) is 0 Å². The van der Waals surface area contributed by atoms with Gasteiger partial charge in [0.25, 0.3) is 12.0 Å². The fraction of sp³-hybridized carbons (Fsp3) is 0.474. The molecule has 0 aromatic carbocycles. The van der Waals surface area contributed by atoms with Crippen LogP contribution >= 0.6 is 11.3 Å². The summed E-state index contributed by atoms with van der Waals surface area (Å²) in [7, 11) is 0. The molecular formula is C19H23N3O5S. The number of carboxylic acid groups (broad SMARTS) is 1. The van der Waals surface area contributed by atoms with Crippen LogP contribution in [0.1, 0.15) is 34.8 Å². The number of aliphatic hydroxyl groups excluding tert-OH is 1. The molecule has 3 atom stereocenters. The van der Waals surface area contributed by atoms with Gasteiger partial charge in [0.15, 0.2) is 0 Å². The molecule has 0 aliphatic carbocycles. The fourth-order valence-electron chi connectivity index (χ4n) is 4.24. The summed E-state index contributed by atoms with van der Waals surface area (Å²) in [6.07, 6.45) is 1.23. The minimum Gasteiger partial charge on any atom is -0.483 e. The van der Waals surface area contributed by atoms with E-state index in [1.54, 1.807) is 28.0 Å². The second kappa shape index (κ2) is 8.66. The minimum atomic E-state index is -0.253. The number of piperidine rings is 1. The molecule has 1 fully saturated rings. The van der Waals surface area contributed by atoms with Crippen molar-refractivity contribution in [3.8, 4) is 0 Å². The third-order valence-corrected chi connectivity index (χ3v) is 6.16. The zero-order valence-corrected chi connectivity index (χ0v) is 16.3. The average Bonchev–Trinajstić information content (AvgIpc) is 3.08. The Labute approximate surface area is 166 Å². The fourth-order valence-corrected chi connectivity index (χ4v) is 4.85. The van der Waals surface area contributed by atoms with Crippen LogP contribution in [0.15, 0.2) is 28.4 Å². The Balaban J connectivity index is 0.000000706. The van der Waals surface area contributed by atoms with E-state index in [4.69, 9.17) is 9.90 Å². The highest BCUT2D eigenvalue weighted by molar-refractivity contribution is 7.09. The molecule has 2 aromatic heterocycles. The first-order chi connectivity index (χ1) is 13.5. The molecule has 2 aliphatic rings. The van der Waals surface area contributed by atoms with Gasteiger partial charge in [-0.2, -0.15) is 0 Å². The highest BCUT2D eigenvalue weighted by Gasteiger charge is 2.41. The number of hydrogen-bond donors (Lipinski definition) is 2. The molecular weight excluding hydrogens is 382 g/mol. The number of carbonyl (C=O) groups excluding carboxylic acids is 1. The van der Waals surface area contributed by atoms with E-state index in [0.717, 1.165) is 22.8 Å². The molecule has 28 heavy (non-hydrogen) atoms. The third-order valence-electron chi connectivity index (χ3n) is 5.34. The minimum absolute atomic E-state index is 0.0658. The number of amides is 1. The molecule has 0 radical (unpaired) electrons. The SMILES string of the molecule is Cc1nc(CC(=O)N2C[C@H]3C[C@@H](C2)[C@H](CO)n2c3cccc2=O)cs1.O=CO. The van der Waals surface area contributed by atoms with Crippen LogP contribution in [-0.2, 0) is 16.0 Å². The Kier molecular flexibility index (Phi) is 6.25. The van der Waals surface area contributed by atoms with Crippen LogP contribution in [0, 0.1) is 12.8 Å². The van der Waals surface area contributed by atoms with Gasteiger partial charge in [-0.05, 0) is 19.4 Å². The normalized spacial score (nSPS) is 22.6. The summed E-state index contributed by atoms with van der Waals surface area (Å²) in [6, 6.07) is 5.00. The van der Waals surface area contributed by atoms with Crippen molar-refractivity contribution < 1.29 is 19.8 Å². The van der Waals surface area contributed by atoms with Gasteiger partial charge < -0.3 is 19.7 Å². The first-order valence-corrected chi connectivity index (χ1v) is 9.95. The van der Waals surface area contributed by atoms with Gasteiger partial charge in [-0.3, -0.25) is 14.4 Å². The van der Waals surface area contributed by atoms with Crippen molar-refractivity contribution in [2.45, 2.75) is 31.7 Å². The van der Waals surface area contributed by atoms with Crippen LogP contribution in [0.3, 0.4) is 0 Å². The first-order valence-electron chi connectivity index (χ1n) is 9.07. The standard InChI is InChI=1S/C18H21N3O3S.CH2O2/c1-11-19-14(10-25-11)6-18(24)20-7-12-5-13(8-20)16(9-22)21-15(12)3-2-4-17(21)23;2-1-3/h2-4,10,12-13,16,22H,5-9H2,1H3;1H,(H,2,3)/t12-,13+,16+;/m1./s1. The van der Waals surface area contributed by atoms with Crippen molar-refractivity contribution in [1.82, 2.24) is 14.5 Å². The molecule has 9 heteroatoms. The van der Waals surface area contributed by atoms with E-state index in [2.05, 4.69) is 4.98 Å². The van der Waals surface area contributed by atoms with Gasteiger partial charge in [-0.25, -0.2) is 4.98 Å². The summed E-state index contributed by atoms with van der Waals surface area (Å²) in [5, 5.41) is 19.7. The van der Waals surface area contributed by atoms with Gasteiger partial charge in [0.2, 0.25) is 5.91 Å². The van der Waals surface area contributed by atoms with Crippen LogP contribution in [0.5, 0.6) is 0 Å². The number of aryl methyl sites for hydroxylation is 1. The van der Waals surface area contributed by atoms with Crippen LogP contribution in [-0.4, -0.2) is 56.7 Å². The topological polar surface area (TPSA) is 113 Å². The van der Waals surface area contributed by atoms with Crippen molar-refractivity contribution in [2.75, 3.05) is 19.7 Å². The zero-order chi connectivity index (χ0) is 20.3. The van der Waals surface area contributed by atoms with E-state index in [1.165, 1.54) is 0 Å². The maximum absolute atomic E-state index is 12.7. The number of nitrogens with zero attached hydrogens (tertiary/aromatic N) is 3. The summed E-state index contributed by atoms with van der Waals surface area (Å²) < 4.78 is 1.74. The molecule has 2 N–H and O–H groups in total. The van der Waals surface area contributed by atoms with Crippen LogP contribution in [0.2, 0.25) is 0 Å². The van der Waals surface area contributed by atoms with Gasteiger partial charge in [0.1, 0.15) is 0 Å². The molecule has 4 rings (SSSR count). The van der Waals surface area contributed by atoms with E-state index in [9.17, 15) is 14.7 Å². The predicted molar refractivity (Wildman–Crippen MR) is 104 cm³/mol. The monoisotopic (exact) mass is 405 g/mol. The lowest BCUT2D eigenvalue weighted by Crippen LogP contribution is -2.52. The Morgan fingerprint density at radius 1 is 1.39 bits per heavy atom. The molecule has 0 unspecified atom stereocenters. The second-order valence-electron chi connectivity index (χ2n) is 7.04. The second-order valence-corrected chi connectivity index (χ2v) is 8.10. The van der Waals surface area contributed by atoms with E-state index in [1.807, 2.05) is 23.3 Å². The molecule has 2 aromatic rings. The lowest BCUT2D eigenvalue weighted by molar-refractivity contribution is -0.134. The van der Waals surface area contributed by atoms with Crippen molar-refractivity contribution in [1.29, 1.82) is 0 Å². The third kappa shape index (κ3) is 4.00. The number of fused-ring (bicyclic) bond motifs is 4. The Bertz CT molecular complexity index is 909. The number of aliphatic hydroxyl groups is 1. The lowest BCUT2D eigenvalue weighted by atomic mass is 9.78. The molecule has 150 valence electrons. The number of carbonyl (C=O) groups is 2. The number of likely N-dealkylation sites (tertiary alicyclic amines) is 1. The van der Waals surface area contributed by atoms with E-state index < -0.39 is 0 Å². The molecule has 0 saturated carbocycles. The van der Waals surface area contributed by atoms with Crippen molar-refractivity contribution in [3.63, 3.8) is 0 Å². The molecule has 2 aliphatic heterocycles. The van der Waals surface area contributed by atoms with Gasteiger partial charge in [0, 0.05) is 42.1 Å². The van der Waals surface area contributed by atoms with E-state index in [0.29, 0.717) is 19.5 Å². The summed E-state index contributed by atoms with van der Waals surface area (Å²) >= 11 is 1.55. The van der Waals surface area contributed by atoms with E-state index in [-0.39, 0.29) is 42.4 Å². The number of rotatable bonds is 3. The van der Waals surface area contributed by atoms with Crippen molar-refractivity contribution >= 4 is 23.7 Å². The number of thiazole rings is 1. The summed E-state index contributed by atoms with van der Waals surface area (Å²) in [4.78, 5) is 39.7. The number of aromatic nitrogens is 2. The quantitative estimate of drug-likeness (QED) is 0.738. The Hall–Kier alpha value is -2.52. The number of pyridine rings is 1. The molecule has 0 spiro atoms. The number of hydrogen-bond acceptors (Lipinski definition) is 6. The maximum Gasteiger partial charge on any atom is 0.290 e.